The summed E-state index contributed by atoms with van der Waals surface area (Å²) in [6.45, 7) is 0.248. The Morgan fingerprint density at radius 3 is 2.29 bits per heavy atom. The van der Waals surface area contributed by atoms with Crippen LogP contribution in [0.3, 0.4) is 0 Å². The summed E-state index contributed by atoms with van der Waals surface area (Å²) in [5.41, 5.74) is 11.5. The van der Waals surface area contributed by atoms with Crippen molar-refractivity contribution in [2.75, 3.05) is 12.3 Å². The summed E-state index contributed by atoms with van der Waals surface area (Å²) in [6.07, 6.45) is 0.725. The summed E-state index contributed by atoms with van der Waals surface area (Å²) in [5.74, 6) is -3.79. The van der Waals surface area contributed by atoms with E-state index in [1.165, 1.54) is 17.0 Å². The van der Waals surface area contributed by atoms with Crippen LogP contribution in [-0.2, 0) is 30.4 Å². The predicted molar refractivity (Wildman–Crippen MR) is 128 cm³/mol. The van der Waals surface area contributed by atoms with Gasteiger partial charge in [-0.25, -0.2) is 4.79 Å². The van der Waals surface area contributed by atoms with E-state index in [0.29, 0.717) is 18.4 Å². The number of hydrogen-bond donors (Lipinski definition) is 7. The number of primary amides is 1. The molecule has 1 aliphatic heterocycles. The SMILES string of the molecule is NC(=O)CCC(N)C(=O)NC(Cc1ccc(O)cc1)C(=O)NC(CS)C(=O)N1CCCC1C(=O)O. The largest absolute Gasteiger partial charge is 0.508 e. The second kappa shape index (κ2) is 13.0. The number of phenolic OH excluding ortho intramolecular Hbond substituents is 1. The minimum atomic E-state index is -1.16. The van der Waals surface area contributed by atoms with Crippen molar-refractivity contribution in [3.05, 3.63) is 29.8 Å². The average Bonchev–Trinajstić information content (AvgIpc) is 3.31. The summed E-state index contributed by atoms with van der Waals surface area (Å²) >= 11 is 4.14. The zero-order valence-corrected chi connectivity index (χ0v) is 19.9. The maximum absolute atomic E-state index is 13.1. The number of nitrogens with two attached hydrogens (primary N) is 2. The number of aliphatic carboxylic acids is 1. The molecule has 35 heavy (non-hydrogen) atoms. The van der Waals surface area contributed by atoms with Crippen molar-refractivity contribution in [2.24, 2.45) is 11.5 Å². The van der Waals surface area contributed by atoms with Gasteiger partial charge in [0.15, 0.2) is 0 Å². The molecule has 12 nitrogen and oxygen atoms in total. The van der Waals surface area contributed by atoms with E-state index in [1.54, 1.807) is 12.1 Å². The van der Waals surface area contributed by atoms with Crippen LogP contribution in [0.25, 0.3) is 0 Å². The van der Waals surface area contributed by atoms with Crippen LogP contribution < -0.4 is 22.1 Å². The zero-order valence-electron chi connectivity index (χ0n) is 19.1. The Balaban J connectivity index is 2.16. The van der Waals surface area contributed by atoms with Gasteiger partial charge in [-0.05, 0) is 37.0 Å². The van der Waals surface area contributed by atoms with Gasteiger partial charge in [0.25, 0.3) is 0 Å². The molecule has 1 heterocycles. The molecule has 13 heteroatoms. The first kappa shape index (κ1) is 27.9. The third kappa shape index (κ3) is 8.14. The number of hydrogen-bond acceptors (Lipinski definition) is 8. The van der Waals surface area contributed by atoms with Gasteiger partial charge < -0.3 is 37.2 Å². The van der Waals surface area contributed by atoms with Crippen LogP contribution in [0, 0.1) is 0 Å². The lowest BCUT2D eigenvalue weighted by Crippen LogP contribution is -2.58. The normalized spacial score (nSPS) is 17.8. The molecule has 4 unspecified atom stereocenters. The summed E-state index contributed by atoms with van der Waals surface area (Å²) < 4.78 is 0. The molecule has 0 saturated carbocycles. The van der Waals surface area contributed by atoms with Gasteiger partial charge in [-0.1, -0.05) is 12.1 Å². The number of nitrogens with one attached hydrogen (secondary N) is 2. The molecule has 8 N–H and O–H groups in total. The molecular weight excluding hydrogens is 478 g/mol. The first-order chi connectivity index (χ1) is 16.5. The third-order valence-electron chi connectivity index (χ3n) is 5.67. The Bertz CT molecular complexity index is 943. The molecule has 0 aliphatic carbocycles. The van der Waals surface area contributed by atoms with Crippen LogP contribution in [0.5, 0.6) is 5.75 Å². The van der Waals surface area contributed by atoms with Crippen LogP contribution in [0.1, 0.15) is 31.2 Å². The van der Waals surface area contributed by atoms with Gasteiger partial charge in [-0.15, -0.1) is 0 Å². The minimum Gasteiger partial charge on any atom is -0.508 e. The standard InChI is InChI=1S/C22H31N5O7S/c23-14(7-8-18(24)29)19(30)25-15(10-12-3-5-13(28)6-4-12)20(31)26-16(11-35)21(32)27-9-1-2-17(27)22(33)34/h3-6,14-17,28,35H,1-2,7-11,23H2,(H2,24,29)(H,25,30)(H,26,31)(H,33,34). The van der Waals surface area contributed by atoms with Crippen molar-refractivity contribution >= 4 is 42.2 Å². The van der Waals surface area contributed by atoms with E-state index in [2.05, 4.69) is 23.3 Å². The van der Waals surface area contributed by atoms with E-state index < -0.39 is 53.8 Å². The molecule has 2 rings (SSSR count). The second-order valence-corrected chi connectivity index (χ2v) is 8.68. The first-order valence-electron chi connectivity index (χ1n) is 11.1. The minimum absolute atomic E-state index is 0.00927. The highest BCUT2D eigenvalue weighted by molar-refractivity contribution is 7.80. The lowest BCUT2D eigenvalue weighted by atomic mass is 10.0. The van der Waals surface area contributed by atoms with Crippen molar-refractivity contribution in [3.63, 3.8) is 0 Å². The number of carbonyl (C=O) groups is 5. The first-order valence-corrected chi connectivity index (χ1v) is 11.7. The second-order valence-electron chi connectivity index (χ2n) is 8.31. The molecule has 1 saturated heterocycles. The number of phenols is 1. The molecular formula is C22H31N5O7S. The number of amides is 4. The third-order valence-corrected chi connectivity index (χ3v) is 6.03. The van der Waals surface area contributed by atoms with Crippen LogP contribution in [-0.4, -0.2) is 81.2 Å². The molecule has 0 spiro atoms. The van der Waals surface area contributed by atoms with Gasteiger partial charge in [-0.3, -0.25) is 19.2 Å². The zero-order chi connectivity index (χ0) is 26.1. The monoisotopic (exact) mass is 509 g/mol. The van der Waals surface area contributed by atoms with Crippen molar-refractivity contribution in [3.8, 4) is 5.75 Å². The lowest BCUT2D eigenvalue weighted by Gasteiger charge is -2.28. The van der Waals surface area contributed by atoms with Crippen LogP contribution >= 0.6 is 12.6 Å². The Hall–Kier alpha value is -3.32. The van der Waals surface area contributed by atoms with Gasteiger partial charge in [0.05, 0.1) is 6.04 Å². The predicted octanol–water partition coefficient (Wildman–Crippen LogP) is -1.50. The molecule has 0 bridgehead atoms. The molecule has 4 amide bonds. The molecule has 1 fully saturated rings. The highest BCUT2D eigenvalue weighted by Crippen LogP contribution is 2.19. The quantitative estimate of drug-likeness (QED) is 0.165. The topological polar surface area (TPSA) is 205 Å². The summed E-state index contributed by atoms with van der Waals surface area (Å²) in [7, 11) is 0. The van der Waals surface area contributed by atoms with E-state index >= 15 is 0 Å². The van der Waals surface area contributed by atoms with Crippen molar-refractivity contribution in [1.82, 2.24) is 15.5 Å². The number of carbonyl (C=O) groups excluding carboxylic acids is 4. The fraction of sp³-hybridized carbons (Fsp3) is 0.500. The Morgan fingerprint density at radius 2 is 1.71 bits per heavy atom. The van der Waals surface area contributed by atoms with Gasteiger partial charge in [-0.2, -0.15) is 12.6 Å². The number of likely N-dealkylation sites (tertiary alicyclic amines) is 1. The van der Waals surface area contributed by atoms with Gasteiger partial charge in [0, 0.05) is 25.1 Å². The number of aromatic hydroxyl groups is 1. The fourth-order valence-electron chi connectivity index (χ4n) is 3.73. The highest BCUT2D eigenvalue weighted by atomic mass is 32.1. The molecule has 192 valence electrons. The van der Waals surface area contributed by atoms with Crippen LogP contribution in [0.15, 0.2) is 24.3 Å². The van der Waals surface area contributed by atoms with Crippen molar-refractivity contribution in [2.45, 2.75) is 56.3 Å². The van der Waals surface area contributed by atoms with E-state index in [0.717, 1.165) is 0 Å². The molecule has 1 aliphatic rings. The lowest BCUT2D eigenvalue weighted by molar-refractivity contribution is -0.149. The van der Waals surface area contributed by atoms with Crippen LogP contribution in [0.4, 0.5) is 0 Å². The number of carboxylic acids is 1. The Morgan fingerprint density at radius 1 is 1.09 bits per heavy atom. The highest BCUT2D eigenvalue weighted by Gasteiger charge is 2.38. The molecule has 0 radical (unpaired) electrons. The summed E-state index contributed by atoms with van der Waals surface area (Å²) in [6, 6.07) is 1.63. The van der Waals surface area contributed by atoms with Crippen molar-refractivity contribution in [1.29, 1.82) is 0 Å². The van der Waals surface area contributed by atoms with Gasteiger partial charge >= 0.3 is 5.97 Å². The molecule has 4 atom stereocenters. The summed E-state index contributed by atoms with van der Waals surface area (Å²) in [5, 5.41) is 24.0. The average molecular weight is 510 g/mol. The molecule has 1 aromatic carbocycles. The van der Waals surface area contributed by atoms with E-state index in [9.17, 15) is 34.2 Å². The van der Waals surface area contributed by atoms with Gasteiger partial charge in [0.2, 0.25) is 23.6 Å². The van der Waals surface area contributed by atoms with Crippen LogP contribution in [0.2, 0.25) is 0 Å². The number of benzene rings is 1. The summed E-state index contributed by atoms with van der Waals surface area (Å²) in [4.78, 5) is 62.3. The molecule has 1 aromatic rings. The number of nitrogens with zero attached hydrogens (tertiary/aromatic N) is 1. The fourth-order valence-corrected chi connectivity index (χ4v) is 3.98. The number of carboxylic acid groups (broad SMARTS) is 1. The molecule has 0 aromatic heterocycles. The number of rotatable bonds is 12. The smallest absolute Gasteiger partial charge is 0.326 e. The van der Waals surface area contributed by atoms with E-state index in [1.807, 2.05) is 0 Å². The Labute approximate surface area is 207 Å². The van der Waals surface area contributed by atoms with E-state index in [-0.39, 0.29) is 37.3 Å². The number of thiol groups is 1. The van der Waals surface area contributed by atoms with Gasteiger partial charge in [0.1, 0.15) is 23.9 Å². The van der Waals surface area contributed by atoms with E-state index in [4.69, 9.17) is 11.5 Å². The maximum Gasteiger partial charge on any atom is 0.326 e. The maximum atomic E-state index is 13.1. The Kier molecular flexibility index (Phi) is 10.3. The van der Waals surface area contributed by atoms with Crippen molar-refractivity contribution < 1.29 is 34.2 Å².